The Morgan fingerprint density at radius 3 is 2.50 bits per heavy atom. The van der Waals surface area contributed by atoms with E-state index in [2.05, 4.69) is 16.5 Å². The summed E-state index contributed by atoms with van der Waals surface area (Å²) in [5.41, 5.74) is 2.91. The summed E-state index contributed by atoms with van der Waals surface area (Å²) >= 11 is 0. The number of carbonyl (C=O) groups excluding carboxylic acids is 1. The average Bonchev–Trinajstić information content (AvgIpc) is 2.95. The molecular formula is C18H23N3O. The smallest absolute Gasteiger partial charge is 0.256 e. The largest absolute Gasteiger partial charge is 0.307 e. The third-order valence-corrected chi connectivity index (χ3v) is 4.32. The highest BCUT2D eigenvalue weighted by Crippen LogP contribution is 2.30. The molecule has 116 valence electrons. The molecule has 1 saturated carbocycles. The van der Waals surface area contributed by atoms with Gasteiger partial charge in [-0.1, -0.05) is 36.5 Å². The van der Waals surface area contributed by atoms with Crippen molar-refractivity contribution in [1.29, 1.82) is 0 Å². The second-order valence-corrected chi connectivity index (χ2v) is 6.28. The third kappa shape index (κ3) is 3.21. The minimum absolute atomic E-state index is 0.0654. The van der Waals surface area contributed by atoms with Gasteiger partial charge in [0.05, 0.1) is 12.2 Å². The summed E-state index contributed by atoms with van der Waals surface area (Å²) in [6.45, 7) is 4.02. The summed E-state index contributed by atoms with van der Waals surface area (Å²) in [6, 6.07) is 8.21. The van der Waals surface area contributed by atoms with E-state index in [9.17, 15) is 4.79 Å². The van der Waals surface area contributed by atoms with Gasteiger partial charge < -0.3 is 5.32 Å². The Kier molecular flexibility index (Phi) is 4.27. The number of hydrogen-bond acceptors (Lipinski definition) is 2. The van der Waals surface area contributed by atoms with E-state index in [1.54, 1.807) is 6.20 Å². The number of benzene rings is 1. The lowest BCUT2D eigenvalue weighted by Crippen LogP contribution is -2.20. The molecule has 0 spiro atoms. The van der Waals surface area contributed by atoms with Crippen LogP contribution in [0, 0.1) is 13.8 Å². The van der Waals surface area contributed by atoms with Crippen LogP contribution in [0.2, 0.25) is 0 Å². The Morgan fingerprint density at radius 1 is 1.14 bits per heavy atom. The molecule has 0 saturated heterocycles. The van der Waals surface area contributed by atoms with Crippen LogP contribution in [0.1, 0.15) is 59.6 Å². The second-order valence-electron chi connectivity index (χ2n) is 6.28. The molecule has 1 fully saturated rings. The lowest BCUT2D eigenvalue weighted by molar-refractivity contribution is 0.102. The first-order chi connectivity index (χ1) is 10.6. The van der Waals surface area contributed by atoms with Crippen molar-refractivity contribution in [2.75, 3.05) is 5.32 Å². The first-order valence-electron chi connectivity index (χ1n) is 8.06. The van der Waals surface area contributed by atoms with Gasteiger partial charge in [0.15, 0.2) is 0 Å². The van der Waals surface area contributed by atoms with Crippen LogP contribution in [0.4, 0.5) is 5.82 Å². The molecule has 1 aromatic carbocycles. The van der Waals surface area contributed by atoms with Crippen LogP contribution in [0.25, 0.3) is 0 Å². The summed E-state index contributed by atoms with van der Waals surface area (Å²) < 4.78 is 1.99. The molecule has 2 aromatic rings. The van der Waals surface area contributed by atoms with Crippen molar-refractivity contribution in [1.82, 2.24) is 9.78 Å². The van der Waals surface area contributed by atoms with Crippen LogP contribution in [-0.2, 0) is 0 Å². The lowest BCUT2D eigenvalue weighted by atomic mass is 9.96. The van der Waals surface area contributed by atoms with E-state index < -0.39 is 0 Å². The predicted molar refractivity (Wildman–Crippen MR) is 88.2 cm³/mol. The van der Waals surface area contributed by atoms with Crippen molar-refractivity contribution >= 4 is 11.7 Å². The Hall–Kier alpha value is -2.10. The number of carbonyl (C=O) groups is 1. The van der Waals surface area contributed by atoms with E-state index in [-0.39, 0.29) is 5.91 Å². The van der Waals surface area contributed by atoms with Gasteiger partial charge in [-0.05, 0) is 38.8 Å². The number of anilines is 1. The Bertz CT molecular complexity index is 648. The maximum Gasteiger partial charge on any atom is 0.256 e. The van der Waals surface area contributed by atoms with E-state index in [1.807, 2.05) is 36.7 Å². The monoisotopic (exact) mass is 297 g/mol. The number of nitrogens with zero attached hydrogens (tertiary/aromatic N) is 2. The van der Waals surface area contributed by atoms with Gasteiger partial charge in [0.25, 0.3) is 5.91 Å². The molecule has 4 nitrogen and oxygen atoms in total. The minimum Gasteiger partial charge on any atom is -0.307 e. The summed E-state index contributed by atoms with van der Waals surface area (Å²) in [7, 11) is 0. The maximum absolute atomic E-state index is 12.5. The number of hydrogen-bond donors (Lipinski definition) is 1. The second kappa shape index (κ2) is 6.34. The Balaban J connectivity index is 1.78. The number of aromatic nitrogens is 2. The van der Waals surface area contributed by atoms with Gasteiger partial charge in [-0.15, -0.1) is 0 Å². The third-order valence-electron chi connectivity index (χ3n) is 4.32. The number of aryl methyl sites for hydroxylation is 2. The zero-order chi connectivity index (χ0) is 15.5. The van der Waals surface area contributed by atoms with E-state index in [4.69, 9.17) is 0 Å². The van der Waals surface area contributed by atoms with Gasteiger partial charge in [-0.3, -0.25) is 4.79 Å². The highest BCUT2D eigenvalue weighted by Gasteiger charge is 2.19. The van der Waals surface area contributed by atoms with Crippen molar-refractivity contribution in [3.63, 3.8) is 0 Å². The van der Waals surface area contributed by atoms with Crippen LogP contribution in [0.5, 0.6) is 0 Å². The number of amides is 1. The molecule has 1 aromatic heterocycles. The highest BCUT2D eigenvalue weighted by atomic mass is 16.1. The highest BCUT2D eigenvalue weighted by molar-refractivity contribution is 6.04. The first kappa shape index (κ1) is 14.8. The summed E-state index contributed by atoms with van der Waals surface area (Å²) in [4.78, 5) is 12.5. The van der Waals surface area contributed by atoms with E-state index >= 15 is 0 Å². The van der Waals surface area contributed by atoms with Crippen LogP contribution in [0.15, 0.2) is 30.5 Å². The molecule has 1 aliphatic carbocycles. The van der Waals surface area contributed by atoms with Crippen LogP contribution in [-0.4, -0.2) is 15.7 Å². The van der Waals surface area contributed by atoms with Gasteiger partial charge in [0.2, 0.25) is 0 Å². The lowest BCUT2D eigenvalue weighted by Gasteiger charge is -2.23. The van der Waals surface area contributed by atoms with Gasteiger partial charge in [-0.25, -0.2) is 4.68 Å². The van der Waals surface area contributed by atoms with Crippen LogP contribution < -0.4 is 5.32 Å². The van der Waals surface area contributed by atoms with Gasteiger partial charge in [0, 0.05) is 11.6 Å². The molecule has 0 unspecified atom stereocenters. The number of nitrogens with one attached hydrogen (secondary N) is 1. The van der Waals surface area contributed by atoms with Crippen LogP contribution >= 0.6 is 0 Å². The zero-order valence-electron chi connectivity index (χ0n) is 13.3. The summed E-state index contributed by atoms with van der Waals surface area (Å²) in [5.74, 6) is 0.736. The van der Waals surface area contributed by atoms with Crippen molar-refractivity contribution in [2.45, 2.75) is 52.0 Å². The molecule has 1 N–H and O–H groups in total. The summed E-state index contributed by atoms with van der Waals surface area (Å²) in [5, 5.41) is 7.44. The fourth-order valence-corrected chi connectivity index (χ4v) is 3.32. The standard InChI is InChI=1S/C18H23N3O/c1-13-10-14(2)12-15(11-13)18(22)20-17-8-9-19-21(17)16-6-4-3-5-7-16/h8-12,16H,3-7H2,1-2H3,(H,20,22). The maximum atomic E-state index is 12.5. The molecule has 1 amide bonds. The van der Waals surface area contributed by atoms with Crippen molar-refractivity contribution in [3.05, 3.63) is 47.2 Å². The normalized spacial score (nSPS) is 15.7. The molecule has 0 atom stereocenters. The zero-order valence-corrected chi connectivity index (χ0v) is 13.3. The molecule has 0 radical (unpaired) electrons. The fraction of sp³-hybridized carbons (Fsp3) is 0.444. The minimum atomic E-state index is -0.0654. The van der Waals surface area contributed by atoms with E-state index in [0.717, 1.165) is 29.8 Å². The quantitative estimate of drug-likeness (QED) is 0.920. The molecule has 22 heavy (non-hydrogen) atoms. The summed E-state index contributed by atoms with van der Waals surface area (Å²) in [6.07, 6.45) is 7.86. The molecule has 1 heterocycles. The topological polar surface area (TPSA) is 46.9 Å². The molecule has 0 bridgehead atoms. The number of rotatable bonds is 3. The van der Waals surface area contributed by atoms with Crippen molar-refractivity contribution in [3.8, 4) is 0 Å². The van der Waals surface area contributed by atoms with Crippen molar-refractivity contribution < 1.29 is 4.79 Å². The van der Waals surface area contributed by atoms with Crippen molar-refractivity contribution in [2.24, 2.45) is 0 Å². The molecule has 0 aliphatic heterocycles. The molecule has 1 aliphatic rings. The van der Waals surface area contributed by atoms with E-state index in [0.29, 0.717) is 11.6 Å². The fourth-order valence-electron chi connectivity index (χ4n) is 3.32. The Morgan fingerprint density at radius 2 is 1.82 bits per heavy atom. The Labute approximate surface area is 131 Å². The average molecular weight is 297 g/mol. The van der Waals surface area contributed by atoms with Crippen LogP contribution in [0.3, 0.4) is 0 Å². The first-order valence-corrected chi connectivity index (χ1v) is 8.06. The van der Waals surface area contributed by atoms with Gasteiger partial charge in [0.1, 0.15) is 5.82 Å². The molecule has 4 heteroatoms. The SMILES string of the molecule is Cc1cc(C)cc(C(=O)Nc2ccnn2C2CCCCC2)c1. The molecular weight excluding hydrogens is 274 g/mol. The van der Waals surface area contributed by atoms with Gasteiger partial charge >= 0.3 is 0 Å². The van der Waals surface area contributed by atoms with E-state index in [1.165, 1.54) is 19.3 Å². The van der Waals surface area contributed by atoms with Gasteiger partial charge in [-0.2, -0.15) is 5.10 Å². The molecule has 3 rings (SSSR count). The predicted octanol–water partition coefficient (Wildman–Crippen LogP) is 4.26.